The van der Waals surface area contributed by atoms with Crippen molar-refractivity contribution in [3.8, 4) is 0 Å². The molecule has 1 aliphatic rings. The molecule has 0 radical (unpaired) electrons. The highest BCUT2D eigenvalue weighted by Crippen LogP contribution is 2.29. The summed E-state index contributed by atoms with van der Waals surface area (Å²) in [6.07, 6.45) is 1.06. The maximum absolute atomic E-state index is 13.5. The van der Waals surface area contributed by atoms with Crippen molar-refractivity contribution in [2.75, 3.05) is 13.7 Å². The van der Waals surface area contributed by atoms with Crippen molar-refractivity contribution >= 4 is 29.4 Å². The lowest BCUT2D eigenvalue weighted by atomic mass is 9.92. The predicted molar refractivity (Wildman–Crippen MR) is 146 cm³/mol. The molecular weight excluding hydrogens is 488 g/mol. The van der Waals surface area contributed by atoms with Gasteiger partial charge in [-0.2, -0.15) is 0 Å². The fraction of sp³-hybridized carbons (Fsp3) is 0.821. The maximum Gasteiger partial charge on any atom is 0.243 e. The van der Waals surface area contributed by atoms with Crippen LogP contribution in [0.2, 0.25) is 0 Å². The van der Waals surface area contributed by atoms with Crippen molar-refractivity contribution < 1.29 is 28.7 Å². The third-order valence-corrected chi connectivity index (χ3v) is 7.29. The van der Waals surface area contributed by atoms with Crippen LogP contribution >= 0.6 is 0 Å². The van der Waals surface area contributed by atoms with Crippen LogP contribution in [-0.4, -0.2) is 77.7 Å². The van der Waals surface area contributed by atoms with E-state index in [1.807, 2.05) is 55.4 Å². The van der Waals surface area contributed by atoms with Gasteiger partial charge in [0.2, 0.25) is 23.6 Å². The highest BCUT2D eigenvalue weighted by Gasteiger charge is 2.50. The molecule has 38 heavy (non-hydrogen) atoms. The van der Waals surface area contributed by atoms with Crippen LogP contribution in [0.3, 0.4) is 0 Å². The maximum atomic E-state index is 13.5. The average molecular weight is 539 g/mol. The Morgan fingerprint density at radius 3 is 1.74 bits per heavy atom. The largest absolute Gasteiger partial charge is 0.361 e. The molecule has 0 spiro atoms. The number of nitrogens with one attached hydrogen (secondary N) is 3. The Morgan fingerprint density at radius 2 is 1.34 bits per heavy atom. The summed E-state index contributed by atoms with van der Waals surface area (Å²) in [5, 5.41) is 8.50. The monoisotopic (exact) mass is 538 g/mol. The summed E-state index contributed by atoms with van der Waals surface area (Å²) >= 11 is 0. The predicted octanol–water partition coefficient (Wildman–Crippen LogP) is 2.05. The van der Waals surface area contributed by atoms with Gasteiger partial charge in [0.1, 0.15) is 23.7 Å². The van der Waals surface area contributed by atoms with Crippen molar-refractivity contribution in [2.24, 2.45) is 23.7 Å². The molecule has 218 valence electrons. The molecule has 10 heteroatoms. The fourth-order valence-corrected chi connectivity index (χ4v) is 4.42. The standard InChI is InChI=1S/C28H50N4O6/c1-12-18(8)22(31-27(37)23(17(6)7)32(11)19(9)33)26(36)30-21(16(4)5)25(35)29-20(13-15(2)3)24(34)28(10)14-38-28/h15-18,20-23H,12-14H2,1-11H3,(H,29,35)(H,30,36)(H,31,37)/t18-,20?,21?,22?,23?,28+/m0/s1. The van der Waals surface area contributed by atoms with Crippen LogP contribution in [0.25, 0.3) is 0 Å². The van der Waals surface area contributed by atoms with E-state index in [1.54, 1.807) is 14.0 Å². The quantitative estimate of drug-likeness (QED) is 0.273. The van der Waals surface area contributed by atoms with Crippen LogP contribution in [0.5, 0.6) is 0 Å². The third kappa shape index (κ3) is 9.06. The number of hydrogen-bond donors (Lipinski definition) is 3. The lowest BCUT2D eigenvalue weighted by molar-refractivity contribution is -0.141. The number of carbonyl (C=O) groups excluding carboxylic acids is 5. The van der Waals surface area contributed by atoms with E-state index in [0.717, 1.165) is 0 Å². The van der Waals surface area contributed by atoms with Crippen LogP contribution in [0.4, 0.5) is 0 Å². The van der Waals surface area contributed by atoms with E-state index in [2.05, 4.69) is 16.0 Å². The third-order valence-electron chi connectivity index (χ3n) is 7.29. The van der Waals surface area contributed by atoms with Gasteiger partial charge in [0, 0.05) is 14.0 Å². The molecule has 1 heterocycles. The van der Waals surface area contributed by atoms with Gasteiger partial charge < -0.3 is 25.6 Å². The Morgan fingerprint density at radius 1 is 0.842 bits per heavy atom. The number of rotatable bonds is 15. The van der Waals surface area contributed by atoms with Crippen molar-refractivity contribution in [3.05, 3.63) is 0 Å². The highest BCUT2D eigenvalue weighted by molar-refractivity contribution is 5.98. The van der Waals surface area contributed by atoms with E-state index in [-0.39, 0.29) is 35.4 Å². The van der Waals surface area contributed by atoms with Gasteiger partial charge in [-0.3, -0.25) is 24.0 Å². The summed E-state index contributed by atoms with van der Waals surface area (Å²) < 4.78 is 5.31. The summed E-state index contributed by atoms with van der Waals surface area (Å²) in [5.41, 5.74) is -0.880. The number of epoxide rings is 1. The van der Waals surface area contributed by atoms with Gasteiger partial charge >= 0.3 is 0 Å². The Bertz CT molecular complexity index is 867. The highest BCUT2D eigenvalue weighted by atomic mass is 16.6. The number of carbonyl (C=O) groups is 5. The van der Waals surface area contributed by atoms with Gasteiger partial charge in [-0.1, -0.05) is 61.8 Å². The van der Waals surface area contributed by atoms with Gasteiger partial charge in [-0.25, -0.2) is 0 Å². The number of ether oxygens (including phenoxy) is 1. The van der Waals surface area contributed by atoms with E-state index in [0.29, 0.717) is 19.4 Å². The smallest absolute Gasteiger partial charge is 0.243 e. The molecule has 0 aromatic carbocycles. The van der Waals surface area contributed by atoms with Crippen LogP contribution in [0.1, 0.15) is 82.1 Å². The van der Waals surface area contributed by atoms with Crippen molar-refractivity contribution in [1.29, 1.82) is 0 Å². The van der Waals surface area contributed by atoms with Crippen molar-refractivity contribution in [1.82, 2.24) is 20.9 Å². The second-order valence-corrected chi connectivity index (χ2v) is 12.0. The average Bonchev–Trinajstić information content (AvgIpc) is 3.56. The number of ketones is 1. The number of hydrogen-bond acceptors (Lipinski definition) is 6. The molecule has 0 bridgehead atoms. The van der Waals surface area contributed by atoms with Crippen LogP contribution in [-0.2, 0) is 28.7 Å². The Labute approximate surface area is 228 Å². The fourth-order valence-electron chi connectivity index (χ4n) is 4.42. The number of nitrogens with zero attached hydrogens (tertiary/aromatic N) is 1. The lowest BCUT2D eigenvalue weighted by Gasteiger charge is -2.33. The van der Waals surface area contributed by atoms with E-state index in [4.69, 9.17) is 4.74 Å². The van der Waals surface area contributed by atoms with Crippen LogP contribution in [0.15, 0.2) is 0 Å². The minimum Gasteiger partial charge on any atom is -0.361 e. The van der Waals surface area contributed by atoms with Crippen molar-refractivity contribution in [3.63, 3.8) is 0 Å². The molecule has 1 rings (SSSR count). The van der Waals surface area contributed by atoms with Gasteiger partial charge in [-0.05, 0) is 37.0 Å². The first-order valence-electron chi connectivity index (χ1n) is 13.8. The zero-order chi connectivity index (χ0) is 29.5. The zero-order valence-corrected chi connectivity index (χ0v) is 25.1. The molecule has 1 saturated heterocycles. The Hall–Kier alpha value is -2.49. The summed E-state index contributed by atoms with van der Waals surface area (Å²) in [6.45, 7) is 18.4. The minimum atomic E-state index is -0.915. The van der Waals surface area contributed by atoms with Gasteiger partial charge in [-0.15, -0.1) is 0 Å². The zero-order valence-electron chi connectivity index (χ0n) is 25.1. The second kappa shape index (κ2) is 14.1. The molecule has 10 nitrogen and oxygen atoms in total. The van der Waals surface area contributed by atoms with Crippen molar-refractivity contribution in [2.45, 2.75) is 112 Å². The molecule has 4 amide bonds. The molecule has 1 aliphatic heterocycles. The second-order valence-electron chi connectivity index (χ2n) is 12.0. The molecule has 0 saturated carbocycles. The van der Waals surface area contributed by atoms with Gasteiger partial charge in [0.05, 0.1) is 12.6 Å². The first-order chi connectivity index (χ1) is 17.5. The van der Waals surface area contributed by atoms with Crippen LogP contribution < -0.4 is 16.0 Å². The number of likely N-dealkylation sites (N-methyl/N-ethyl adjacent to an activating group) is 1. The topological polar surface area (TPSA) is 137 Å². The molecule has 6 atom stereocenters. The molecule has 1 fully saturated rings. The normalized spacial score (nSPS) is 20.8. The summed E-state index contributed by atoms with van der Waals surface area (Å²) in [4.78, 5) is 66.4. The van der Waals surface area contributed by atoms with E-state index in [9.17, 15) is 24.0 Å². The number of Topliss-reactive ketones (excluding diaryl/α,β-unsaturated/α-hetero) is 1. The molecule has 0 aliphatic carbocycles. The molecule has 0 aromatic heterocycles. The Balaban J connectivity index is 3.12. The van der Waals surface area contributed by atoms with E-state index in [1.165, 1.54) is 11.8 Å². The molecule has 0 aromatic rings. The SMILES string of the molecule is CC[C@H](C)C(NC(=O)C(C(C)C)N(C)C(C)=O)C(=O)NC(C(=O)NC(CC(C)C)C(=O)[C@@]1(C)CO1)C(C)C. The molecule has 3 N–H and O–H groups in total. The van der Waals surface area contributed by atoms with Gasteiger partial charge in [0.15, 0.2) is 5.78 Å². The number of amides is 4. The molecular formula is C28H50N4O6. The lowest BCUT2D eigenvalue weighted by Crippen LogP contribution is -2.61. The molecule has 4 unspecified atom stereocenters. The summed E-state index contributed by atoms with van der Waals surface area (Å²) in [5.74, 6) is -2.32. The van der Waals surface area contributed by atoms with E-state index >= 15 is 0 Å². The minimum absolute atomic E-state index is 0.158. The summed E-state index contributed by atoms with van der Waals surface area (Å²) in [7, 11) is 1.56. The first-order valence-corrected chi connectivity index (χ1v) is 13.8. The first kappa shape index (κ1) is 33.5. The van der Waals surface area contributed by atoms with Crippen LogP contribution in [0, 0.1) is 23.7 Å². The Kier molecular flexibility index (Phi) is 12.4. The van der Waals surface area contributed by atoms with Gasteiger partial charge in [0.25, 0.3) is 0 Å². The van der Waals surface area contributed by atoms with E-state index < -0.39 is 47.5 Å². The summed E-state index contributed by atoms with van der Waals surface area (Å²) in [6, 6.07) is -3.30.